The number of esters is 1. The molecule has 0 saturated carbocycles. The minimum Gasteiger partial charge on any atom is -0.468 e. The second-order valence-corrected chi connectivity index (χ2v) is 8.49. The third-order valence-electron chi connectivity index (χ3n) is 4.62. The lowest BCUT2D eigenvalue weighted by molar-refractivity contribution is -0.141. The molecule has 0 N–H and O–H groups in total. The molecule has 0 radical (unpaired) electrons. The summed E-state index contributed by atoms with van der Waals surface area (Å²) in [6.45, 7) is 2.19. The monoisotopic (exact) mass is 428 g/mol. The lowest BCUT2D eigenvalue weighted by Gasteiger charge is -2.05. The van der Waals surface area contributed by atoms with Crippen molar-refractivity contribution < 1.29 is 14.3 Å². The van der Waals surface area contributed by atoms with Crippen molar-refractivity contribution in [3.05, 3.63) is 58.4 Å². The molecule has 0 saturated heterocycles. The summed E-state index contributed by atoms with van der Waals surface area (Å²) in [5.74, 6) is -0.702. The molecule has 0 spiro atoms. The molecule has 3 aromatic rings. The van der Waals surface area contributed by atoms with Crippen LogP contribution in [0.5, 0.6) is 0 Å². The van der Waals surface area contributed by atoms with E-state index in [-0.39, 0.29) is 18.4 Å². The molecule has 2 aromatic carbocycles. The molecule has 152 valence electrons. The Hall–Kier alpha value is -2.38. The van der Waals surface area contributed by atoms with Gasteiger partial charge in [0.05, 0.1) is 17.3 Å². The normalized spacial score (nSPS) is 11.8. The molecule has 0 aliphatic rings. The second-order valence-electron chi connectivity index (χ2n) is 6.60. The number of hydrogen-bond donors (Lipinski definition) is 0. The molecular weight excluding hydrogens is 404 g/mol. The van der Waals surface area contributed by atoms with E-state index < -0.39 is 0 Å². The van der Waals surface area contributed by atoms with Gasteiger partial charge in [0.1, 0.15) is 6.54 Å². The van der Waals surface area contributed by atoms with Crippen LogP contribution in [0.4, 0.5) is 0 Å². The average Bonchev–Trinajstić information content (AvgIpc) is 3.08. The van der Waals surface area contributed by atoms with E-state index in [0.29, 0.717) is 10.4 Å². The first-order valence-corrected chi connectivity index (χ1v) is 11.5. The number of fused-ring (bicyclic) bond motifs is 1. The van der Waals surface area contributed by atoms with Crippen LogP contribution in [0.15, 0.2) is 52.4 Å². The number of unbranched alkanes of at least 4 members (excludes halogenated alkanes) is 1. The van der Waals surface area contributed by atoms with E-state index >= 15 is 0 Å². The maximum absolute atomic E-state index is 12.7. The number of hydrogen-bond acceptors (Lipinski definition) is 5. The summed E-state index contributed by atoms with van der Waals surface area (Å²) in [6.07, 6.45) is 5.26. The molecule has 1 aromatic heterocycles. The van der Waals surface area contributed by atoms with E-state index in [2.05, 4.69) is 24.0 Å². The fourth-order valence-corrected chi connectivity index (χ4v) is 4.47. The van der Waals surface area contributed by atoms with Gasteiger partial charge in [0.2, 0.25) is 0 Å². The predicted molar refractivity (Wildman–Crippen MR) is 119 cm³/mol. The van der Waals surface area contributed by atoms with Crippen molar-refractivity contribution in [2.75, 3.05) is 13.4 Å². The molecule has 0 atom stereocenters. The van der Waals surface area contributed by atoms with Crippen molar-refractivity contribution in [3.8, 4) is 0 Å². The number of carbonyl (C=O) groups excluding carboxylic acids is 2. The van der Waals surface area contributed by atoms with Gasteiger partial charge in [0, 0.05) is 10.5 Å². The van der Waals surface area contributed by atoms with E-state index in [1.165, 1.54) is 24.0 Å². The molecule has 3 rings (SSSR count). The molecule has 1 amide bonds. The van der Waals surface area contributed by atoms with E-state index in [1.807, 2.05) is 24.5 Å². The van der Waals surface area contributed by atoms with Crippen molar-refractivity contribution in [1.29, 1.82) is 0 Å². The maximum atomic E-state index is 12.7. The predicted octanol–water partition coefficient (Wildman–Crippen LogP) is 4.68. The fraction of sp³-hybridized carbons (Fsp3) is 0.318. The van der Waals surface area contributed by atoms with Crippen molar-refractivity contribution in [3.63, 3.8) is 0 Å². The van der Waals surface area contributed by atoms with Crippen molar-refractivity contribution in [2.24, 2.45) is 4.99 Å². The van der Waals surface area contributed by atoms with Gasteiger partial charge < -0.3 is 9.30 Å². The quantitative estimate of drug-likeness (QED) is 0.405. The zero-order valence-electron chi connectivity index (χ0n) is 16.8. The number of methoxy groups -OCH3 is 1. The molecule has 1 heterocycles. The SMILES string of the molecule is CCCCc1ccc2c(c1)sc(=NC(=O)c1ccc(SC)cc1)n2CC(=O)OC. The van der Waals surface area contributed by atoms with Crippen molar-refractivity contribution >= 4 is 45.2 Å². The highest BCUT2D eigenvalue weighted by atomic mass is 32.2. The van der Waals surface area contributed by atoms with Gasteiger partial charge >= 0.3 is 5.97 Å². The molecule has 5 nitrogen and oxygen atoms in total. The van der Waals surface area contributed by atoms with Crippen LogP contribution in [0.2, 0.25) is 0 Å². The summed E-state index contributed by atoms with van der Waals surface area (Å²) >= 11 is 3.04. The first-order chi connectivity index (χ1) is 14.0. The van der Waals surface area contributed by atoms with Crippen LogP contribution in [0.25, 0.3) is 10.2 Å². The Kier molecular flexibility index (Phi) is 7.28. The summed E-state index contributed by atoms with van der Waals surface area (Å²) < 4.78 is 7.60. The summed E-state index contributed by atoms with van der Waals surface area (Å²) in [4.78, 5) is 30.6. The minimum atomic E-state index is -0.377. The third kappa shape index (κ3) is 5.16. The Bertz CT molecular complexity index is 1080. The number of thioether (sulfide) groups is 1. The van der Waals surface area contributed by atoms with Gasteiger partial charge in [-0.05, 0) is 61.1 Å². The van der Waals surface area contributed by atoms with Crippen LogP contribution in [0.3, 0.4) is 0 Å². The van der Waals surface area contributed by atoms with E-state index in [1.54, 1.807) is 28.5 Å². The van der Waals surface area contributed by atoms with Gasteiger partial charge in [-0.1, -0.05) is 30.7 Å². The van der Waals surface area contributed by atoms with Gasteiger partial charge in [-0.15, -0.1) is 11.8 Å². The van der Waals surface area contributed by atoms with Crippen LogP contribution in [-0.4, -0.2) is 29.8 Å². The molecule has 0 fully saturated rings. The topological polar surface area (TPSA) is 60.7 Å². The van der Waals surface area contributed by atoms with Gasteiger partial charge in [-0.25, -0.2) is 0 Å². The number of nitrogens with zero attached hydrogens (tertiary/aromatic N) is 2. The standard InChI is InChI=1S/C22H24N2O3S2/c1-4-5-6-15-7-12-18-19(13-15)29-22(24(18)14-20(25)27-2)23-21(26)16-8-10-17(28-3)11-9-16/h7-13H,4-6,14H2,1-3H3. The van der Waals surface area contributed by atoms with Crippen LogP contribution < -0.4 is 4.80 Å². The molecular formula is C22H24N2O3S2. The average molecular weight is 429 g/mol. The Balaban J connectivity index is 2.05. The minimum absolute atomic E-state index is 0.0162. The summed E-state index contributed by atoms with van der Waals surface area (Å²) in [6, 6.07) is 13.6. The van der Waals surface area contributed by atoms with E-state index in [4.69, 9.17) is 4.74 Å². The molecule has 7 heteroatoms. The first kappa shape index (κ1) is 21.3. The maximum Gasteiger partial charge on any atom is 0.325 e. The van der Waals surface area contributed by atoms with Crippen molar-refractivity contribution in [2.45, 2.75) is 37.6 Å². The third-order valence-corrected chi connectivity index (χ3v) is 6.40. The number of ether oxygens (including phenoxy) is 1. The molecule has 0 aliphatic carbocycles. The largest absolute Gasteiger partial charge is 0.468 e. The molecule has 29 heavy (non-hydrogen) atoms. The van der Waals surface area contributed by atoms with Crippen LogP contribution in [0.1, 0.15) is 35.7 Å². The molecule has 0 unspecified atom stereocenters. The number of thiazole rings is 1. The zero-order valence-corrected chi connectivity index (χ0v) is 18.4. The lowest BCUT2D eigenvalue weighted by Crippen LogP contribution is -2.22. The van der Waals surface area contributed by atoms with E-state index in [0.717, 1.165) is 34.4 Å². The summed E-state index contributed by atoms with van der Waals surface area (Å²) in [5.41, 5.74) is 2.65. The zero-order chi connectivity index (χ0) is 20.8. The number of aryl methyl sites for hydroxylation is 1. The van der Waals surface area contributed by atoms with Crippen LogP contribution in [-0.2, 0) is 22.5 Å². The van der Waals surface area contributed by atoms with Gasteiger partial charge in [0.15, 0.2) is 4.80 Å². The Morgan fingerprint density at radius 3 is 2.59 bits per heavy atom. The Labute approximate surface area is 178 Å². The number of amides is 1. The molecule has 0 bridgehead atoms. The second kappa shape index (κ2) is 9.89. The Morgan fingerprint density at radius 1 is 1.17 bits per heavy atom. The number of benzene rings is 2. The van der Waals surface area contributed by atoms with Gasteiger partial charge in [-0.2, -0.15) is 4.99 Å². The summed E-state index contributed by atoms with van der Waals surface area (Å²) in [7, 11) is 1.36. The number of rotatable bonds is 7. The highest BCUT2D eigenvalue weighted by Crippen LogP contribution is 2.21. The van der Waals surface area contributed by atoms with Gasteiger partial charge in [0.25, 0.3) is 5.91 Å². The number of aromatic nitrogens is 1. The van der Waals surface area contributed by atoms with Crippen LogP contribution >= 0.6 is 23.1 Å². The van der Waals surface area contributed by atoms with Crippen LogP contribution in [0, 0.1) is 0 Å². The van der Waals surface area contributed by atoms with Gasteiger partial charge in [-0.3, -0.25) is 9.59 Å². The highest BCUT2D eigenvalue weighted by Gasteiger charge is 2.13. The van der Waals surface area contributed by atoms with Crippen molar-refractivity contribution in [1.82, 2.24) is 4.57 Å². The number of carbonyl (C=O) groups is 2. The van der Waals surface area contributed by atoms with E-state index in [9.17, 15) is 9.59 Å². The summed E-state index contributed by atoms with van der Waals surface area (Å²) in [5, 5.41) is 0. The highest BCUT2D eigenvalue weighted by molar-refractivity contribution is 7.98. The fourth-order valence-electron chi connectivity index (χ4n) is 2.97. The lowest BCUT2D eigenvalue weighted by atomic mass is 10.1. The molecule has 0 aliphatic heterocycles. The Morgan fingerprint density at radius 2 is 1.93 bits per heavy atom. The first-order valence-electron chi connectivity index (χ1n) is 9.48. The smallest absolute Gasteiger partial charge is 0.325 e.